The first-order valence-corrected chi connectivity index (χ1v) is 3.85. The molecule has 0 bridgehead atoms. The van der Waals surface area contributed by atoms with E-state index in [4.69, 9.17) is 5.73 Å². The van der Waals surface area contributed by atoms with E-state index in [-0.39, 0.29) is 19.5 Å². The Kier molecular flexibility index (Phi) is 2.21. The summed E-state index contributed by atoms with van der Waals surface area (Å²) in [4.78, 5) is 11.9. The maximum Gasteiger partial charge on any atom is 0.314 e. The van der Waals surface area contributed by atoms with Crippen LogP contribution in [0.5, 0.6) is 0 Å². The Morgan fingerprint density at radius 3 is 2.67 bits per heavy atom. The molecule has 1 heterocycles. The van der Waals surface area contributed by atoms with Crippen LogP contribution in [0.2, 0.25) is 0 Å². The molecule has 3 nitrogen and oxygen atoms in total. The lowest BCUT2D eigenvalue weighted by Gasteiger charge is -2.35. The van der Waals surface area contributed by atoms with Gasteiger partial charge in [-0.05, 0) is 0 Å². The van der Waals surface area contributed by atoms with E-state index in [1.165, 1.54) is 11.8 Å². The van der Waals surface area contributed by atoms with Gasteiger partial charge in [0.15, 0.2) is 0 Å². The van der Waals surface area contributed by atoms with Crippen LogP contribution in [0.1, 0.15) is 13.3 Å². The van der Waals surface area contributed by atoms with Crippen LogP contribution < -0.4 is 5.73 Å². The molecule has 0 spiro atoms. The van der Waals surface area contributed by atoms with Crippen LogP contribution in [0.25, 0.3) is 0 Å². The molecule has 0 aliphatic carbocycles. The minimum Gasteiger partial charge on any atom is -0.351 e. The number of likely N-dealkylation sites (tertiary alicyclic amines) is 1. The topological polar surface area (TPSA) is 46.3 Å². The van der Waals surface area contributed by atoms with Gasteiger partial charge in [0.2, 0.25) is 0 Å². The van der Waals surface area contributed by atoms with Crippen molar-refractivity contribution in [3.8, 4) is 0 Å². The quantitative estimate of drug-likeness (QED) is 0.592. The summed E-state index contributed by atoms with van der Waals surface area (Å²) in [5.41, 5.74) is 4.96. The van der Waals surface area contributed by atoms with E-state index >= 15 is 0 Å². The van der Waals surface area contributed by atoms with Crippen LogP contribution >= 0.6 is 0 Å². The summed E-state index contributed by atoms with van der Waals surface area (Å²) in [5, 5.41) is 0. The maximum atomic E-state index is 12.9. The summed E-state index contributed by atoms with van der Waals surface area (Å²) in [6.07, 6.45) is -0.281. The smallest absolute Gasteiger partial charge is 0.314 e. The van der Waals surface area contributed by atoms with Crippen LogP contribution in [-0.2, 0) is 0 Å². The summed E-state index contributed by atoms with van der Waals surface area (Å²) in [5.74, 6) is -3.44. The Morgan fingerprint density at radius 2 is 2.25 bits per heavy atom. The van der Waals surface area contributed by atoms with E-state index in [2.05, 4.69) is 0 Å². The Morgan fingerprint density at radius 1 is 1.67 bits per heavy atom. The number of primary amides is 1. The summed E-state index contributed by atoms with van der Waals surface area (Å²) in [7, 11) is 0. The fourth-order valence-electron chi connectivity index (χ4n) is 1.29. The third-order valence-corrected chi connectivity index (χ3v) is 2.24. The molecule has 12 heavy (non-hydrogen) atoms. The van der Waals surface area contributed by atoms with E-state index in [0.29, 0.717) is 0 Å². The highest BCUT2D eigenvalue weighted by molar-refractivity contribution is 5.72. The van der Waals surface area contributed by atoms with Crippen LogP contribution in [-0.4, -0.2) is 29.9 Å². The van der Waals surface area contributed by atoms with Gasteiger partial charge in [0.25, 0.3) is 5.92 Å². The fourth-order valence-corrected chi connectivity index (χ4v) is 1.29. The number of carbonyl (C=O) groups excluding carboxylic acids is 1. The second kappa shape index (κ2) is 2.88. The third kappa shape index (κ3) is 1.65. The molecule has 0 saturated carbocycles. The van der Waals surface area contributed by atoms with Gasteiger partial charge in [-0.25, -0.2) is 13.6 Å². The number of hydrogen-bond acceptors (Lipinski definition) is 1. The van der Waals surface area contributed by atoms with Gasteiger partial charge in [0.05, 0.1) is 0 Å². The molecular weight excluding hydrogens is 166 g/mol. The van der Waals surface area contributed by atoms with Crippen LogP contribution in [0.4, 0.5) is 13.6 Å². The number of alkyl halides is 2. The average Bonchev–Trinajstić information content (AvgIpc) is 1.94. The SMILES string of the molecule is CC1CN(C(N)=O)CCC1(F)F. The van der Waals surface area contributed by atoms with Crippen LogP contribution in [0.15, 0.2) is 0 Å². The van der Waals surface area contributed by atoms with Crippen molar-refractivity contribution >= 4 is 6.03 Å². The number of amides is 2. The number of halogens is 2. The molecule has 5 heteroatoms. The molecule has 0 aromatic carbocycles. The number of rotatable bonds is 0. The van der Waals surface area contributed by atoms with Gasteiger partial charge in [-0.3, -0.25) is 0 Å². The van der Waals surface area contributed by atoms with Crippen molar-refractivity contribution in [1.29, 1.82) is 0 Å². The minimum atomic E-state index is -2.65. The number of nitrogens with zero attached hydrogens (tertiary/aromatic N) is 1. The van der Waals surface area contributed by atoms with Gasteiger partial charge in [-0.2, -0.15) is 0 Å². The highest BCUT2D eigenvalue weighted by atomic mass is 19.3. The first-order valence-electron chi connectivity index (χ1n) is 3.85. The molecule has 1 atom stereocenters. The van der Waals surface area contributed by atoms with Crippen molar-refractivity contribution in [2.75, 3.05) is 13.1 Å². The molecule has 2 N–H and O–H groups in total. The molecule has 0 aromatic rings. The Bertz CT molecular complexity index is 196. The van der Waals surface area contributed by atoms with Gasteiger partial charge >= 0.3 is 6.03 Å². The van der Waals surface area contributed by atoms with Crippen LogP contribution in [0.3, 0.4) is 0 Å². The maximum absolute atomic E-state index is 12.9. The van der Waals surface area contributed by atoms with Crippen molar-refractivity contribution in [2.45, 2.75) is 19.3 Å². The van der Waals surface area contributed by atoms with Crippen molar-refractivity contribution < 1.29 is 13.6 Å². The monoisotopic (exact) mass is 178 g/mol. The number of hydrogen-bond donors (Lipinski definition) is 1. The number of piperidine rings is 1. The molecule has 0 aromatic heterocycles. The Labute approximate surface area is 69.5 Å². The van der Waals surface area contributed by atoms with Crippen molar-refractivity contribution in [3.05, 3.63) is 0 Å². The van der Waals surface area contributed by atoms with Gasteiger partial charge in [0, 0.05) is 25.4 Å². The van der Waals surface area contributed by atoms with Crippen molar-refractivity contribution in [3.63, 3.8) is 0 Å². The first-order chi connectivity index (χ1) is 5.43. The van der Waals surface area contributed by atoms with Crippen LogP contribution in [0, 0.1) is 5.92 Å². The number of urea groups is 1. The molecule has 1 unspecified atom stereocenters. The number of nitrogens with two attached hydrogens (primary N) is 1. The minimum absolute atomic E-state index is 0.0579. The molecule has 1 fully saturated rings. The largest absolute Gasteiger partial charge is 0.351 e. The van der Waals surface area contributed by atoms with Crippen molar-refractivity contribution in [2.24, 2.45) is 11.7 Å². The lowest BCUT2D eigenvalue weighted by molar-refractivity contribution is -0.0901. The Balaban J connectivity index is 2.58. The molecule has 1 aliphatic rings. The first kappa shape index (κ1) is 9.22. The van der Waals surface area contributed by atoms with E-state index in [1.54, 1.807) is 0 Å². The highest BCUT2D eigenvalue weighted by Gasteiger charge is 2.41. The second-order valence-corrected chi connectivity index (χ2v) is 3.20. The average molecular weight is 178 g/mol. The summed E-state index contributed by atoms with van der Waals surface area (Å²) in [6, 6.07) is -0.614. The molecule has 2 amide bonds. The molecule has 1 aliphatic heterocycles. The molecule has 1 rings (SSSR count). The fraction of sp³-hybridized carbons (Fsp3) is 0.857. The summed E-state index contributed by atoms with van der Waals surface area (Å²) >= 11 is 0. The second-order valence-electron chi connectivity index (χ2n) is 3.20. The van der Waals surface area contributed by atoms with E-state index in [9.17, 15) is 13.6 Å². The molecule has 70 valence electrons. The normalized spacial score (nSPS) is 28.6. The predicted octanol–water partition coefficient (Wildman–Crippen LogP) is 1.04. The van der Waals surface area contributed by atoms with E-state index in [1.807, 2.05) is 0 Å². The summed E-state index contributed by atoms with van der Waals surface area (Å²) in [6.45, 7) is 1.55. The third-order valence-electron chi connectivity index (χ3n) is 2.24. The zero-order chi connectivity index (χ0) is 9.35. The number of carbonyl (C=O) groups is 1. The Hall–Kier alpha value is -0.870. The van der Waals surface area contributed by atoms with E-state index in [0.717, 1.165) is 0 Å². The van der Waals surface area contributed by atoms with Crippen molar-refractivity contribution in [1.82, 2.24) is 4.90 Å². The van der Waals surface area contributed by atoms with Gasteiger partial charge in [-0.1, -0.05) is 6.92 Å². The predicted molar refractivity (Wildman–Crippen MR) is 39.9 cm³/mol. The lowest BCUT2D eigenvalue weighted by Crippen LogP contribution is -2.49. The van der Waals surface area contributed by atoms with Gasteiger partial charge < -0.3 is 10.6 Å². The zero-order valence-corrected chi connectivity index (χ0v) is 6.89. The van der Waals surface area contributed by atoms with E-state index < -0.39 is 17.9 Å². The van der Waals surface area contributed by atoms with Gasteiger partial charge in [0.1, 0.15) is 0 Å². The lowest BCUT2D eigenvalue weighted by atomic mass is 9.96. The zero-order valence-electron chi connectivity index (χ0n) is 6.89. The highest BCUT2D eigenvalue weighted by Crippen LogP contribution is 2.32. The summed E-state index contributed by atoms with van der Waals surface area (Å²) < 4.78 is 25.7. The molecule has 0 radical (unpaired) electrons. The molecule has 1 saturated heterocycles. The molecular formula is C7H12F2N2O. The standard InChI is InChI=1S/C7H12F2N2O/c1-5-4-11(6(10)12)3-2-7(5,8)9/h5H,2-4H2,1H3,(H2,10,12). The van der Waals surface area contributed by atoms with Gasteiger partial charge in [-0.15, -0.1) is 0 Å².